The minimum Gasteiger partial charge on any atom is -0.162 e. The zero-order valence-corrected chi connectivity index (χ0v) is 6.52. The van der Waals surface area contributed by atoms with Crippen molar-refractivity contribution in [1.29, 1.82) is 0 Å². The van der Waals surface area contributed by atoms with Crippen molar-refractivity contribution < 1.29 is 22.4 Å². The van der Waals surface area contributed by atoms with Gasteiger partial charge in [0.2, 0.25) is 0 Å². The fraction of sp³-hybridized carbons (Fsp3) is 1.00. The third-order valence-corrected chi connectivity index (χ3v) is 1.98. The van der Waals surface area contributed by atoms with Crippen molar-refractivity contribution >= 4 is 11.8 Å². The average Bonchev–Trinajstić information content (AvgIpc) is 1.76. The molecule has 0 amide bonds. The van der Waals surface area contributed by atoms with Gasteiger partial charge in [0.05, 0.1) is 0 Å². The Morgan fingerprint density at radius 2 is 1.50 bits per heavy atom. The molecule has 0 aliphatic carbocycles. The first-order valence-electron chi connectivity index (χ1n) is 2.08. The summed E-state index contributed by atoms with van der Waals surface area (Å²) in [5.74, 6) is 2.83. The zero-order valence-electron chi connectivity index (χ0n) is 3.54. The quantitative estimate of drug-likeness (QED) is 0.608. The van der Waals surface area contributed by atoms with Crippen LogP contribution in [0.25, 0.3) is 0 Å². The molecule has 1 aliphatic rings. The van der Waals surface area contributed by atoms with Crippen LogP contribution in [0, 0.1) is 0 Å². The Hall–Kier alpha value is 1.09. The molecule has 0 aromatic heterocycles. The predicted octanol–water partition coefficient (Wildman–Crippen LogP) is 1.51. The summed E-state index contributed by atoms with van der Waals surface area (Å²) in [6, 6.07) is 0. The maximum Gasteiger partial charge on any atom is 0 e. The van der Waals surface area contributed by atoms with Crippen LogP contribution in [0.5, 0.6) is 0 Å². The van der Waals surface area contributed by atoms with Gasteiger partial charge in [0.25, 0.3) is 0 Å². The molecule has 1 saturated heterocycles. The summed E-state index contributed by atoms with van der Waals surface area (Å²) >= 11 is 2.07. The third kappa shape index (κ3) is 2.30. The van der Waals surface area contributed by atoms with Gasteiger partial charge in [-0.25, -0.2) is 0 Å². The topological polar surface area (TPSA) is 0 Å². The summed E-state index contributed by atoms with van der Waals surface area (Å²) in [6.45, 7) is 0. The Morgan fingerprint density at radius 3 is 1.67 bits per heavy atom. The van der Waals surface area contributed by atoms with Gasteiger partial charge in [0.1, 0.15) is 0 Å². The van der Waals surface area contributed by atoms with E-state index in [0.717, 1.165) is 0 Å². The van der Waals surface area contributed by atoms with Gasteiger partial charge in [0, 0.05) is 22.4 Å². The molecule has 1 fully saturated rings. The standard InChI is InChI=1S/C4H8S.Au/c1-2-4-5-3-1;/h1-4H2;. The van der Waals surface area contributed by atoms with E-state index >= 15 is 0 Å². The number of hydrogen-bond donors (Lipinski definition) is 0. The summed E-state index contributed by atoms with van der Waals surface area (Å²) in [6.07, 6.45) is 2.93. The van der Waals surface area contributed by atoms with Crippen molar-refractivity contribution in [3.63, 3.8) is 0 Å². The van der Waals surface area contributed by atoms with Crippen LogP contribution in [0.2, 0.25) is 0 Å². The second kappa shape index (κ2) is 4.25. The zero-order chi connectivity index (χ0) is 3.54. The van der Waals surface area contributed by atoms with E-state index in [2.05, 4.69) is 11.8 Å². The van der Waals surface area contributed by atoms with Gasteiger partial charge in [0.15, 0.2) is 0 Å². The molecule has 0 atom stereocenters. The minimum atomic E-state index is 0. The van der Waals surface area contributed by atoms with E-state index in [1.807, 2.05) is 0 Å². The van der Waals surface area contributed by atoms with Gasteiger partial charge in [-0.1, -0.05) is 0 Å². The summed E-state index contributed by atoms with van der Waals surface area (Å²) in [4.78, 5) is 0. The van der Waals surface area contributed by atoms with Gasteiger partial charge >= 0.3 is 0 Å². The molecule has 0 bridgehead atoms. The van der Waals surface area contributed by atoms with E-state index in [1.165, 1.54) is 24.3 Å². The largest absolute Gasteiger partial charge is 0.162 e. The molecule has 6 heavy (non-hydrogen) atoms. The number of hydrogen-bond acceptors (Lipinski definition) is 1. The average molecular weight is 285 g/mol. The van der Waals surface area contributed by atoms with Crippen LogP contribution in [0.15, 0.2) is 0 Å². The Labute approximate surface area is 58.6 Å². The normalized spacial score (nSPS) is 20.0. The van der Waals surface area contributed by atoms with Gasteiger partial charge in [-0.05, 0) is 24.3 Å². The molecule has 0 N–H and O–H groups in total. The predicted molar refractivity (Wildman–Crippen MR) is 26.6 cm³/mol. The van der Waals surface area contributed by atoms with Crippen LogP contribution in [0.1, 0.15) is 12.8 Å². The Bertz CT molecular complexity index is 19.1. The molecule has 1 radical (unpaired) electrons. The van der Waals surface area contributed by atoms with Crippen LogP contribution in [-0.2, 0) is 22.4 Å². The molecule has 41 valence electrons. The summed E-state index contributed by atoms with van der Waals surface area (Å²) in [7, 11) is 0. The Balaban J connectivity index is 0.000000250. The van der Waals surface area contributed by atoms with Gasteiger partial charge in [-0.15, -0.1) is 0 Å². The molecule has 0 aromatic carbocycles. The smallest absolute Gasteiger partial charge is 0 e. The molecule has 2 heteroatoms. The fourth-order valence-electron chi connectivity index (χ4n) is 0.510. The molecule has 0 aromatic rings. The van der Waals surface area contributed by atoms with Crippen molar-refractivity contribution in [2.45, 2.75) is 12.8 Å². The first-order valence-corrected chi connectivity index (χ1v) is 3.23. The second-order valence-corrected chi connectivity index (χ2v) is 2.54. The monoisotopic (exact) mass is 285 g/mol. The van der Waals surface area contributed by atoms with Crippen LogP contribution < -0.4 is 0 Å². The van der Waals surface area contributed by atoms with Crippen molar-refractivity contribution in [3.05, 3.63) is 0 Å². The summed E-state index contributed by atoms with van der Waals surface area (Å²) in [5.41, 5.74) is 0. The maximum absolute atomic E-state index is 2.07. The minimum absolute atomic E-state index is 0. The van der Waals surface area contributed by atoms with Crippen LogP contribution in [-0.4, -0.2) is 11.5 Å². The van der Waals surface area contributed by atoms with Crippen molar-refractivity contribution in [2.24, 2.45) is 0 Å². The van der Waals surface area contributed by atoms with E-state index in [1.54, 1.807) is 0 Å². The Kier molecular flexibility index (Phi) is 5.03. The molecule has 0 nitrogen and oxygen atoms in total. The molecule has 0 saturated carbocycles. The van der Waals surface area contributed by atoms with Crippen molar-refractivity contribution in [3.8, 4) is 0 Å². The molecule has 1 aliphatic heterocycles. The number of rotatable bonds is 0. The van der Waals surface area contributed by atoms with Crippen LogP contribution >= 0.6 is 11.8 Å². The van der Waals surface area contributed by atoms with E-state index in [-0.39, 0.29) is 22.4 Å². The SMILES string of the molecule is C1CCSC1.[Au]. The van der Waals surface area contributed by atoms with E-state index in [0.29, 0.717) is 0 Å². The van der Waals surface area contributed by atoms with E-state index in [4.69, 9.17) is 0 Å². The number of thioether (sulfide) groups is 1. The summed E-state index contributed by atoms with van der Waals surface area (Å²) in [5, 5.41) is 0. The van der Waals surface area contributed by atoms with Gasteiger partial charge in [-0.3, -0.25) is 0 Å². The molecule has 1 heterocycles. The molecule has 1 rings (SSSR count). The third-order valence-electron chi connectivity index (χ3n) is 0.827. The van der Waals surface area contributed by atoms with Crippen molar-refractivity contribution in [1.82, 2.24) is 0 Å². The first kappa shape index (κ1) is 7.09. The molecular weight excluding hydrogens is 277 g/mol. The second-order valence-electron chi connectivity index (χ2n) is 1.32. The van der Waals surface area contributed by atoms with Gasteiger partial charge < -0.3 is 0 Å². The maximum atomic E-state index is 2.07. The fourth-order valence-corrected chi connectivity index (χ4v) is 1.53. The molecule has 0 spiro atoms. The van der Waals surface area contributed by atoms with Gasteiger partial charge in [-0.2, -0.15) is 11.8 Å². The Morgan fingerprint density at radius 1 is 1.00 bits per heavy atom. The van der Waals surface area contributed by atoms with Crippen molar-refractivity contribution in [2.75, 3.05) is 11.5 Å². The van der Waals surface area contributed by atoms with Crippen LogP contribution in [0.4, 0.5) is 0 Å². The first-order chi connectivity index (χ1) is 2.50. The van der Waals surface area contributed by atoms with Crippen LogP contribution in [0.3, 0.4) is 0 Å². The van der Waals surface area contributed by atoms with E-state index in [9.17, 15) is 0 Å². The molecule has 0 unspecified atom stereocenters. The summed E-state index contributed by atoms with van der Waals surface area (Å²) < 4.78 is 0. The van der Waals surface area contributed by atoms with E-state index < -0.39 is 0 Å². The molecular formula is C4H8AuS.